The first-order valence-corrected chi connectivity index (χ1v) is 10.8. The van der Waals surface area contributed by atoms with Crippen molar-refractivity contribution in [1.82, 2.24) is 16.0 Å². The second-order valence-corrected chi connectivity index (χ2v) is 8.57. The number of ether oxygens (including phenoxy) is 1. The van der Waals surface area contributed by atoms with Crippen molar-refractivity contribution in [2.75, 3.05) is 18.9 Å². The summed E-state index contributed by atoms with van der Waals surface area (Å²) in [7, 11) is 0. The molecule has 0 spiro atoms. The summed E-state index contributed by atoms with van der Waals surface area (Å²) in [5.74, 6) is 0.642. The number of rotatable bonds is 4. The molecule has 1 aliphatic carbocycles. The van der Waals surface area contributed by atoms with Crippen LogP contribution in [0.1, 0.15) is 45.4 Å². The summed E-state index contributed by atoms with van der Waals surface area (Å²) in [4.78, 5) is 36.7. The van der Waals surface area contributed by atoms with Crippen LogP contribution in [0, 0.1) is 17.8 Å². The molecule has 5 atom stereocenters. The number of carbonyl (C=O) groups excluding carboxylic acids is 3. The highest BCUT2D eigenvalue weighted by atomic mass is 32.2. The smallest absolute Gasteiger partial charge is 0.413 e. The van der Waals surface area contributed by atoms with E-state index < -0.39 is 12.0 Å². The Morgan fingerprint density at radius 3 is 2.69 bits per heavy atom. The van der Waals surface area contributed by atoms with Gasteiger partial charge in [0.25, 0.3) is 0 Å². The summed E-state index contributed by atoms with van der Waals surface area (Å²) < 4.78 is 4.77. The molecule has 2 aliphatic heterocycles. The lowest BCUT2D eigenvalue weighted by molar-refractivity contribution is -0.129. The van der Waals surface area contributed by atoms with Crippen molar-refractivity contribution in [3.63, 3.8) is 0 Å². The van der Waals surface area contributed by atoms with E-state index in [-0.39, 0.29) is 35.8 Å². The number of piperidine rings is 1. The summed E-state index contributed by atoms with van der Waals surface area (Å²) in [6.07, 6.45) is 5.50. The molecule has 0 aromatic rings. The number of carbonyl (C=O) groups is 3. The van der Waals surface area contributed by atoms with Gasteiger partial charge in [0.05, 0.1) is 23.8 Å². The number of amides is 3. The van der Waals surface area contributed by atoms with Crippen LogP contribution in [0.3, 0.4) is 0 Å². The molecule has 3 rings (SSSR count). The highest BCUT2D eigenvalue weighted by molar-refractivity contribution is 8.00. The van der Waals surface area contributed by atoms with Crippen molar-refractivity contribution >= 4 is 29.7 Å². The maximum atomic E-state index is 12.9. The molecule has 7 nitrogen and oxygen atoms in total. The minimum Gasteiger partial charge on any atom is -0.450 e. The van der Waals surface area contributed by atoms with Gasteiger partial charge in [0.15, 0.2) is 0 Å². The van der Waals surface area contributed by atoms with E-state index in [1.54, 1.807) is 18.7 Å². The lowest BCUT2D eigenvalue weighted by atomic mass is 9.73. The Morgan fingerprint density at radius 1 is 1.08 bits per heavy atom. The third-order valence-corrected chi connectivity index (χ3v) is 6.99. The first kappa shape index (κ1) is 19.5. The summed E-state index contributed by atoms with van der Waals surface area (Å²) in [5.41, 5.74) is 0. The van der Waals surface area contributed by atoms with Gasteiger partial charge in [-0.2, -0.15) is 0 Å². The van der Waals surface area contributed by atoms with Gasteiger partial charge in [-0.05, 0) is 57.2 Å². The molecule has 0 aromatic carbocycles. The quantitative estimate of drug-likeness (QED) is 0.683. The minimum absolute atomic E-state index is 0.0241. The maximum Gasteiger partial charge on any atom is 0.413 e. The van der Waals surface area contributed by atoms with E-state index in [1.165, 1.54) is 19.3 Å². The van der Waals surface area contributed by atoms with Crippen LogP contribution >= 0.6 is 11.8 Å². The van der Waals surface area contributed by atoms with Crippen molar-refractivity contribution in [1.29, 1.82) is 0 Å². The molecule has 1 saturated carbocycles. The molecule has 146 valence electrons. The van der Waals surface area contributed by atoms with E-state index in [4.69, 9.17) is 4.74 Å². The van der Waals surface area contributed by atoms with Crippen molar-refractivity contribution in [3.05, 3.63) is 0 Å². The fourth-order valence-corrected chi connectivity index (χ4v) is 5.79. The van der Waals surface area contributed by atoms with E-state index in [2.05, 4.69) is 16.0 Å². The van der Waals surface area contributed by atoms with Crippen molar-refractivity contribution in [3.8, 4) is 0 Å². The summed E-state index contributed by atoms with van der Waals surface area (Å²) >= 11 is 1.58. The van der Waals surface area contributed by atoms with Crippen LogP contribution in [0.5, 0.6) is 0 Å². The molecular formula is C18H29N3O4S. The molecular weight excluding hydrogens is 354 g/mol. The number of hydrogen-bond donors (Lipinski definition) is 3. The van der Waals surface area contributed by atoms with Crippen molar-refractivity contribution < 1.29 is 19.1 Å². The highest BCUT2D eigenvalue weighted by Crippen LogP contribution is 2.36. The molecule has 2 saturated heterocycles. The Bertz CT molecular complexity index is 543. The Labute approximate surface area is 158 Å². The Hall–Kier alpha value is -1.28. The normalized spacial score (nSPS) is 33.8. The number of nitrogens with one attached hydrogen (secondary N) is 3. The first-order chi connectivity index (χ1) is 12.6. The molecule has 3 N–H and O–H groups in total. The largest absolute Gasteiger partial charge is 0.450 e. The summed E-state index contributed by atoms with van der Waals surface area (Å²) in [6, 6.07) is 0.260. The predicted octanol–water partition coefficient (Wildman–Crippen LogP) is 1.62. The molecule has 3 amide bonds. The second kappa shape index (κ2) is 9.08. The average Bonchev–Trinajstić information content (AvgIpc) is 3.09. The number of fused-ring (bicyclic) bond motifs is 1. The van der Waals surface area contributed by atoms with Gasteiger partial charge in [0, 0.05) is 6.04 Å². The van der Waals surface area contributed by atoms with Gasteiger partial charge in [-0.25, -0.2) is 4.79 Å². The molecule has 0 aromatic heterocycles. The Kier molecular flexibility index (Phi) is 6.80. The van der Waals surface area contributed by atoms with Crippen LogP contribution in [-0.4, -0.2) is 48.2 Å². The van der Waals surface area contributed by atoms with Crippen LogP contribution in [-0.2, 0) is 14.3 Å². The molecule has 5 unspecified atom stereocenters. The topological polar surface area (TPSA) is 96.5 Å². The Morgan fingerprint density at radius 2 is 1.88 bits per heavy atom. The third-order valence-electron chi connectivity index (χ3n) is 5.71. The third kappa shape index (κ3) is 4.52. The Balaban J connectivity index is 1.57. The fourth-order valence-electron chi connectivity index (χ4n) is 4.46. The molecule has 2 heterocycles. The zero-order valence-electron chi connectivity index (χ0n) is 15.3. The van der Waals surface area contributed by atoms with E-state index in [1.807, 2.05) is 0 Å². The zero-order chi connectivity index (χ0) is 18.5. The zero-order valence-corrected chi connectivity index (χ0v) is 16.1. The molecule has 26 heavy (non-hydrogen) atoms. The van der Waals surface area contributed by atoms with Gasteiger partial charge >= 0.3 is 6.09 Å². The van der Waals surface area contributed by atoms with E-state index in [0.717, 1.165) is 25.1 Å². The average molecular weight is 384 g/mol. The van der Waals surface area contributed by atoms with E-state index in [0.29, 0.717) is 12.3 Å². The highest BCUT2D eigenvalue weighted by Gasteiger charge is 2.41. The monoisotopic (exact) mass is 383 g/mol. The predicted molar refractivity (Wildman–Crippen MR) is 99.5 cm³/mol. The fraction of sp³-hybridized carbons (Fsp3) is 0.833. The van der Waals surface area contributed by atoms with Gasteiger partial charge in [-0.3, -0.25) is 14.9 Å². The van der Waals surface area contributed by atoms with Crippen LogP contribution in [0.2, 0.25) is 0 Å². The number of alkyl carbamates (subject to hydrolysis) is 1. The van der Waals surface area contributed by atoms with Gasteiger partial charge in [0.1, 0.15) is 0 Å². The van der Waals surface area contributed by atoms with Gasteiger partial charge in [0.2, 0.25) is 11.8 Å². The van der Waals surface area contributed by atoms with Gasteiger partial charge in [-0.1, -0.05) is 6.42 Å². The summed E-state index contributed by atoms with van der Waals surface area (Å²) in [6.45, 7) is 2.89. The van der Waals surface area contributed by atoms with Crippen LogP contribution in [0.25, 0.3) is 0 Å². The molecule has 0 bridgehead atoms. The lowest BCUT2D eigenvalue weighted by Gasteiger charge is -2.41. The van der Waals surface area contributed by atoms with Crippen LogP contribution in [0.15, 0.2) is 0 Å². The number of imide groups is 1. The second-order valence-electron chi connectivity index (χ2n) is 7.32. The summed E-state index contributed by atoms with van der Waals surface area (Å²) in [5, 5.41) is 8.63. The minimum atomic E-state index is -0.721. The van der Waals surface area contributed by atoms with E-state index >= 15 is 0 Å². The van der Waals surface area contributed by atoms with Crippen molar-refractivity contribution in [2.45, 2.75) is 56.9 Å². The SMILES string of the molecule is CCOC(=O)NC(=O)C1CCSC1NC(=O)C1CCCC2CCCNC21. The lowest BCUT2D eigenvalue weighted by Crippen LogP contribution is -2.55. The molecule has 3 aliphatic rings. The number of thioether (sulfide) groups is 1. The standard InChI is InChI=1S/C18H29N3O4S/c1-2-25-18(24)21-16(23)13-8-10-26-17(13)20-15(22)12-7-3-5-11-6-4-9-19-14(11)12/h11-14,17,19H,2-10H2,1H3,(H,20,22)(H,21,23,24). The number of hydrogen-bond acceptors (Lipinski definition) is 6. The molecule has 0 radical (unpaired) electrons. The first-order valence-electron chi connectivity index (χ1n) is 9.73. The maximum absolute atomic E-state index is 12.9. The molecule has 8 heteroatoms. The van der Waals surface area contributed by atoms with Crippen LogP contribution < -0.4 is 16.0 Å². The van der Waals surface area contributed by atoms with Gasteiger partial charge in [-0.15, -0.1) is 11.8 Å². The van der Waals surface area contributed by atoms with E-state index in [9.17, 15) is 14.4 Å². The van der Waals surface area contributed by atoms with Gasteiger partial charge < -0.3 is 15.4 Å². The van der Waals surface area contributed by atoms with Crippen LogP contribution in [0.4, 0.5) is 4.79 Å². The van der Waals surface area contributed by atoms with Crippen molar-refractivity contribution in [2.24, 2.45) is 17.8 Å². The molecule has 3 fully saturated rings.